The normalized spacial score (nSPS) is 17.1. The van der Waals surface area contributed by atoms with Crippen molar-refractivity contribution in [1.82, 2.24) is 0 Å². The topological polar surface area (TPSA) is 12.5 Å². The fourth-order valence-electron chi connectivity index (χ4n) is 1.88. The second-order valence-corrected chi connectivity index (χ2v) is 3.82. The highest BCUT2D eigenvalue weighted by atomic mass is 16.5. The first-order valence-corrected chi connectivity index (χ1v) is 5.18. The number of aryl methyl sites for hydroxylation is 1. The van der Waals surface area contributed by atoms with E-state index in [4.69, 9.17) is 4.74 Å². The molecule has 1 heterocycles. The van der Waals surface area contributed by atoms with Crippen LogP contribution in [0.15, 0.2) is 18.2 Å². The van der Waals surface area contributed by atoms with Crippen molar-refractivity contribution in [3.8, 4) is 0 Å². The molecule has 0 unspecified atom stereocenters. The Kier molecular flexibility index (Phi) is 2.73. The van der Waals surface area contributed by atoms with E-state index in [1.165, 1.54) is 16.8 Å². The lowest BCUT2D eigenvalue weighted by Gasteiger charge is -2.30. The van der Waals surface area contributed by atoms with Crippen molar-refractivity contribution in [2.75, 3.05) is 31.2 Å². The molecule has 2 rings (SSSR count). The first kappa shape index (κ1) is 9.53. The zero-order valence-electron chi connectivity index (χ0n) is 8.92. The number of rotatable bonds is 1. The maximum Gasteiger partial charge on any atom is 0.0642 e. The zero-order chi connectivity index (χ0) is 9.97. The van der Waals surface area contributed by atoms with E-state index in [0.29, 0.717) is 0 Å². The van der Waals surface area contributed by atoms with Gasteiger partial charge in [-0.25, -0.2) is 0 Å². The summed E-state index contributed by atoms with van der Waals surface area (Å²) < 4.78 is 5.35. The second-order valence-electron chi connectivity index (χ2n) is 3.82. The highest BCUT2D eigenvalue weighted by molar-refractivity contribution is 5.56. The number of benzene rings is 1. The van der Waals surface area contributed by atoms with Gasteiger partial charge in [0.2, 0.25) is 0 Å². The molecule has 0 aromatic heterocycles. The molecule has 1 saturated heterocycles. The average Bonchev–Trinajstić information content (AvgIpc) is 2.23. The smallest absolute Gasteiger partial charge is 0.0642 e. The predicted molar refractivity (Wildman–Crippen MR) is 58.9 cm³/mol. The molecule has 1 fully saturated rings. The largest absolute Gasteiger partial charge is 0.378 e. The Bertz CT molecular complexity index is 316. The van der Waals surface area contributed by atoms with Gasteiger partial charge in [-0.15, -0.1) is 0 Å². The minimum absolute atomic E-state index is 0.855. The summed E-state index contributed by atoms with van der Waals surface area (Å²) in [4.78, 5) is 2.41. The maximum absolute atomic E-state index is 5.35. The summed E-state index contributed by atoms with van der Waals surface area (Å²) in [5.41, 5.74) is 4.14. The maximum atomic E-state index is 5.35. The van der Waals surface area contributed by atoms with Gasteiger partial charge in [0.15, 0.2) is 0 Å². The van der Waals surface area contributed by atoms with Gasteiger partial charge in [0, 0.05) is 18.8 Å². The molecule has 0 bridgehead atoms. The minimum atomic E-state index is 0.855. The summed E-state index contributed by atoms with van der Waals surface area (Å²) in [7, 11) is 0. The van der Waals surface area contributed by atoms with Crippen LogP contribution < -0.4 is 4.90 Å². The molecule has 2 heteroatoms. The van der Waals surface area contributed by atoms with Gasteiger partial charge in [-0.3, -0.25) is 0 Å². The van der Waals surface area contributed by atoms with E-state index in [1.807, 2.05) is 0 Å². The van der Waals surface area contributed by atoms with Crippen molar-refractivity contribution in [3.63, 3.8) is 0 Å². The van der Waals surface area contributed by atoms with Gasteiger partial charge < -0.3 is 9.64 Å². The van der Waals surface area contributed by atoms with Crippen molar-refractivity contribution < 1.29 is 4.74 Å². The Balaban J connectivity index is 2.26. The Morgan fingerprint density at radius 3 is 2.57 bits per heavy atom. The molecule has 76 valence electrons. The fraction of sp³-hybridized carbons (Fsp3) is 0.500. The summed E-state index contributed by atoms with van der Waals surface area (Å²) in [6.07, 6.45) is 0. The molecule has 0 amide bonds. The van der Waals surface area contributed by atoms with Crippen LogP contribution in [0.1, 0.15) is 11.1 Å². The fourth-order valence-corrected chi connectivity index (χ4v) is 1.88. The van der Waals surface area contributed by atoms with Crippen molar-refractivity contribution in [2.45, 2.75) is 13.8 Å². The molecule has 0 aliphatic carbocycles. The van der Waals surface area contributed by atoms with Crippen molar-refractivity contribution >= 4 is 5.69 Å². The Hall–Kier alpha value is -1.02. The lowest BCUT2D eigenvalue weighted by Crippen LogP contribution is -2.36. The lowest BCUT2D eigenvalue weighted by atomic mass is 10.1. The highest BCUT2D eigenvalue weighted by Gasteiger charge is 2.13. The van der Waals surface area contributed by atoms with Crippen LogP contribution in [0.4, 0.5) is 5.69 Å². The van der Waals surface area contributed by atoms with Gasteiger partial charge in [-0.05, 0) is 31.0 Å². The second kappa shape index (κ2) is 4.01. The molecule has 1 aliphatic rings. The van der Waals surface area contributed by atoms with Gasteiger partial charge in [0.25, 0.3) is 0 Å². The van der Waals surface area contributed by atoms with Crippen LogP contribution >= 0.6 is 0 Å². The standard InChI is InChI=1S/C12H17NO/c1-10-4-3-5-12(11(10)2)13-6-8-14-9-7-13/h3-5H,6-9H2,1-2H3. The quantitative estimate of drug-likeness (QED) is 0.674. The van der Waals surface area contributed by atoms with Gasteiger partial charge in [-0.1, -0.05) is 12.1 Å². The van der Waals surface area contributed by atoms with E-state index in [2.05, 4.69) is 36.9 Å². The molecular formula is C12H17NO. The number of anilines is 1. The van der Waals surface area contributed by atoms with Gasteiger partial charge in [0.05, 0.1) is 13.2 Å². The van der Waals surface area contributed by atoms with Crippen LogP contribution in [0.25, 0.3) is 0 Å². The SMILES string of the molecule is Cc1cccc(N2CCOCC2)c1C. The molecule has 1 aliphatic heterocycles. The molecule has 0 atom stereocenters. The molecule has 0 saturated carbocycles. The lowest BCUT2D eigenvalue weighted by molar-refractivity contribution is 0.122. The molecule has 0 spiro atoms. The molecule has 0 N–H and O–H groups in total. The third kappa shape index (κ3) is 1.75. The van der Waals surface area contributed by atoms with E-state index >= 15 is 0 Å². The van der Waals surface area contributed by atoms with E-state index in [9.17, 15) is 0 Å². The Morgan fingerprint density at radius 1 is 1.14 bits per heavy atom. The Labute approximate surface area is 85.5 Å². The summed E-state index contributed by atoms with van der Waals surface area (Å²) in [6, 6.07) is 6.50. The highest BCUT2D eigenvalue weighted by Crippen LogP contribution is 2.23. The molecular weight excluding hydrogens is 174 g/mol. The van der Waals surface area contributed by atoms with Crippen LogP contribution in [-0.4, -0.2) is 26.3 Å². The number of hydrogen-bond donors (Lipinski definition) is 0. The van der Waals surface area contributed by atoms with Crippen LogP contribution in [0.5, 0.6) is 0 Å². The van der Waals surface area contributed by atoms with Crippen molar-refractivity contribution in [2.24, 2.45) is 0 Å². The summed E-state index contributed by atoms with van der Waals surface area (Å²) in [5, 5.41) is 0. The first-order valence-electron chi connectivity index (χ1n) is 5.18. The average molecular weight is 191 g/mol. The molecule has 14 heavy (non-hydrogen) atoms. The van der Waals surface area contributed by atoms with E-state index < -0.39 is 0 Å². The minimum Gasteiger partial charge on any atom is -0.378 e. The van der Waals surface area contributed by atoms with Crippen LogP contribution in [0.2, 0.25) is 0 Å². The van der Waals surface area contributed by atoms with Crippen molar-refractivity contribution in [3.05, 3.63) is 29.3 Å². The van der Waals surface area contributed by atoms with Crippen LogP contribution in [-0.2, 0) is 4.74 Å². The summed E-state index contributed by atoms with van der Waals surface area (Å²) in [6.45, 7) is 8.11. The number of morpholine rings is 1. The van der Waals surface area contributed by atoms with E-state index in [0.717, 1.165) is 26.3 Å². The summed E-state index contributed by atoms with van der Waals surface area (Å²) in [5.74, 6) is 0. The van der Waals surface area contributed by atoms with E-state index in [-0.39, 0.29) is 0 Å². The third-order valence-electron chi connectivity index (χ3n) is 2.93. The summed E-state index contributed by atoms with van der Waals surface area (Å²) >= 11 is 0. The predicted octanol–water partition coefficient (Wildman–Crippen LogP) is 2.14. The van der Waals surface area contributed by atoms with Crippen LogP contribution in [0, 0.1) is 13.8 Å². The number of ether oxygens (including phenoxy) is 1. The van der Waals surface area contributed by atoms with Gasteiger partial charge in [-0.2, -0.15) is 0 Å². The monoisotopic (exact) mass is 191 g/mol. The molecule has 0 radical (unpaired) electrons. The van der Waals surface area contributed by atoms with E-state index in [1.54, 1.807) is 0 Å². The van der Waals surface area contributed by atoms with Gasteiger partial charge in [0.1, 0.15) is 0 Å². The first-order chi connectivity index (χ1) is 6.79. The van der Waals surface area contributed by atoms with Gasteiger partial charge >= 0.3 is 0 Å². The van der Waals surface area contributed by atoms with Crippen LogP contribution in [0.3, 0.4) is 0 Å². The number of hydrogen-bond acceptors (Lipinski definition) is 2. The van der Waals surface area contributed by atoms with Crippen molar-refractivity contribution in [1.29, 1.82) is 0 Å². The zero-order valence-corrected chi connectivity index (χ0v) is 8.92. The molecule has 2 nitrogen and oxygen atoms in total. The third-order valence-corrected chi connectivity index (χ3v) is 2.93. The number of nitrogens with zero attached hydrogens (tertiary/aromatic N) is 1. The molecule has 1 aromatic rings. The Morgan fingerprint density at radius 2 is 1.86 bits per heavy atom. The molecule has 1 aromatic carbocycles.